The van der Waals surface area contributed by atoms with E-state index in [0.29, 0.717) is 17.9 Å². The molecule has 0 aromatic carbocycles. The molecule has 0 aromatic heterocycles. The molecule has 0 unspecified atom stereocenters. The van der Waals surface area contributed by atoms with Crippen molar-refractivity contribution in [3.05, 3.63) is 18.4 Å². The zero-order chi connectivity index (χ0) is 9.97. The normalized spacial score (nSPS) is 35.7. The van der Waals surface area contributed by atoms with Crippen molar-refractivity contribution in [2.24, 2.45) is 11.8 Å². The third kappa shape index (κ3) is 1.62. The van der Waals surface area contributed by atoms with Crippen LogP contribution in [0.3, 0.4) is 0 Å². The maximum atomic E-state index is 11.6. The van der Waals surface area contributed by atoms with E-state index < -0.39 is 0 Å². The first kappa shape index (κ1) is 9.54. The Bertz CT molecular complexity index is 278. The van der Waals surface area contributed by atoms with E-state index >= 15 is 0 Å². The minimum Gasteiger partial charge on any atom is -0.352 e. The molecule has 1 N–H and O–H groups in total. The lowest BCUT2D eigenvalue weighted by molar-refractivity contribution is -0.123. The Labute approximate surface area is 85.1 Å². The van der Waals surface area contributed by atoms with Crippen LogP contribution in [-0.2, 0) is 4.79 Å². The van der Waals surface area contributed by atoms with Gasteiger partial charge in [0.15, 0.2) is 0 Å². The van der Waals surface area contributed by atoms with Crippen LogP contribution < -0.4 is 5.32 Å². The summed E-state index contributed by atoms with van der Waals surface area (Å²) < 4.78 is 0. The van der Waals surface area contributed by atoms with E-state index in [0.717, 1.165) is 12.8 Å². The first-order valence-corrected chi connectivity index (χ1v) is 5.47. The Morgan fingerprint density at radius 2 is 2.29 bits per heavy atom. The Balaban J connectivity index is 2.05. The molecule has 0 radical (unpaired) electrons. The van der Waals surface area contributed by atoms with E-state index in [1.807, 2.05) is 6.08 Å². The molecule has 14 heavy (non-hydrogen) atoms. The number of amides is 1. The van der Waals surface area contributed by atoms with Crippen molar-refractivity contribution in [1.82, 2.24) is 5.32 Å². The summed E-state index contributed by atoms with van der Waals surface area (Å²) >= 11 is 0. The van der Waals surface area contributed by atoms with Crippen molar-refractivity contribution in [1.29, 1.82) is 0 Å². The lowest BCUT2D eigenvalue weighted by atomic mass is 9.77. The fourth-order valence-electron chi connectivity index (χ4n) is 2.81. The third-order valence-corrected chi connectivity index (χ3v) is 3.52. The number of hydrogen-bond acceptors (Lipinski definition) is 1. The Morgan fingerprint density at radius 1 is 1.50 bits per heavy atom. The molecule has 1 saturated carbocycles. The third-order valence-electron chi connectivity index (χ3n) is 3.52. The van der Waals surface area contributed by atoms with Gasteiger partial charge in [-0.2, -0.15) is 0 Å². The van der Waals surface area contributed by atoms with Gasteiger partial charge in [0, 0.05) is 12.0 Å². The molecule has 2 fully saturated rings. The van der Waals surface area contributed by atoms with E-state index in [1.165, 1.54) is 19.3 Å². The van der Waals surface area contributed by atoms with E-state index in [4.69, 9.17) is 0 Å². The molecular weight excluding hydrogens is 174 g/mol. The van der Waals surface area contributed by atoms with Crippen LogP contribution in [0.4, 0.5) is 0 Å². The quantitative estimate of drug-likeness (QED) is 0.665. The van der Waals surface area contributed by atoms with Crippen LogP contribution in [0.1, 0.15) is 32.1 Å². The number of carbonyl (C=O) groups excluding carboxylic acids is 1. The van der Waals surface area contributed by atoms with Crippen molar-refractivity contribution in [2.75, 3.05) is 0 Å². The minimum absolute atomic E-state index is 0.275. The highest BCUT2D eigenvalue weighted by Crippen LogP contribution is 2.37. The van der Waals surface area contributed by atoms with Crippen molar-refractivity contribution in [3.8, 4) is 0 Å². The summed E-state index contributed by atoms with van der Waals surface area (Å²) in [6, 6.07) is 0.349. The predicted octanol–water partition coefficient (Wildman–Crippen LogP) is 2.02. The average Bonchev–Trinajstić information content (AvgIpc) is 2.54. The summed E-state index contributed by atoms with van der Waals surface area (Å²) in [7, 11) is 0. The summed E-state index contributed by atoms with van der Waals surface area (Å²) in [5, 5.41) is 3.09. The monoisotopic (exact) mass is 191 g/mol. The van der Waals surface area contributed by atoms with Crippen LogP contribution in [0.2, 0.25) is 0 Å². The molecule has 1 aliphatic heterocycles. The SMILES string of the molecule is C=C=CC[C@@H]1NC(=O)[C@H]2CCCC[C@@H]12. The van der Waals surface area contributed by atoms with Gasteiger partial charge in [0.1, 0.15) is 0 Å². The molecule has 0 bridgehead atoms. The van der Waals surface area contributed by atoms with E-state index in [1.54, 1.807) is 0 Å². The Kier molecular flexibility index (Phi) is 2.74. The van der Waals surface area contributed by atoms with Crippen molar-refractivity contribution in [3.63, 3.8) is 0 Å². The molecule has 1 heterocycles. The van der Waals surface area contributed by atoms with Gasteiger partial charge in [-0.1, -0.05) is 19.4 Å². The van der Waals surface area contributed by atoms with Gasteiger partial charge in [-0.25, -0.2) is 0 Å². The summed E-state index contributed by atoms with van der Waals surface area (Å²) in [5.74, 6) is 1.14. The van der Waals surface area contributed by atoms with Gasteiger partial charge in [0.05, 0.1) is 0 Å². The van der Waals surface area contributed by atoms with Crippen LogP contribution >= 0.6 is 0 Å². The topological polar surface area (TPSA) is 29.1 Å². The van der Waals surface area contributed by atoms with Crippen LogP contribution in [0.15, 0.2) is 18.4 Å². The van der Waals surface area contributed by atoms with Crippen LogP contribution in [0.25, 0.3) is 0 Å². The predicted molar refractivity (Wildman–Crippen MR) is 55.7 cm³/mol. The Hall–Kier alpha value is -1.01. The fourth-order valence-corrected chi connectivity index (χ4v) is 2.81. The van der Waals surface area contributed by atoms with Crippen molar-refractivity contribution >= 4 is 5.91 Å². The number of nitrogens with one attached hydrogen (secondary N) is 1. The molecule has 2 aliphatic rings. The first-order chi connectivity index (χ1) is 6.83. The second-order valence-electron chi connectivity index (χ2n) is 4.31. The number of carbonyl (C=O) groups is 1. The first-order valence-electron chi connectivity index (χ1n) is 5.47. The standard InChI is InChI=1S/C12H17NO/c1-2-3-8-11-9-6-4-5-7-10(9)12(14)13-11/h3,9-11H,1,4-8H2,(H,13,14)/t9-,10+,11+/m1/s1. The zero-order valence-electron chi connectivity index (χ0n) is 8.46. The minimum atomic E-state index is 0.275. The highest BCUT2D eigenvalue weighted by Gasteiger charge is 2.42. The molecule has 1 saturated heterocycles. The average molecular weight is 191 g/mol. The number of fused-ring (bicyclic) bond motifs is 1. The molecule has 2 rings (SSSR count). The van der Waals surface area contributed by atoms with Gasteiger partial charge in [-0.3, -0.25) is 4.79 Å². The van der Waals surface area contributed by atoms with Crippen LogP contribution in [0.5, 0.6) is 0 Å². The summed E-state index contributed by atoms with van der Waals surface area (Å²) in [4.78, 5) is 11.6. The Morgan fingerprint density at radius 3 is 3.07 bits per heavy atom. The molecular formula is C12H17NO. The summed E-state index contributed by atoms with van der Waals surface area (Å²) in [5.41, 5.74) is 2.78. The molecule has 76 valence electrons. The van der Waals surface area contributed by atoms with Gasteiger partial charge >= 0.3 is 0 Å². The summed E-state index contributed by atoms with van der Waals surface area (Å²) in [6.07, 6.45) is 7.63. The van der Waals surface area contributed by atoms with Crippen molar-refractivity contribution in [2.45, 2.75) is 38.1 Å². The largest absolute Gasteiger partial charge is 0.352 e. The molecule has 2 nitrogen and oxygen atoms in total. The molecule has 2 heteroatoms. The maximum absolute atomic E-state index is 11.6. The lowest BCUT2D eigenvalue weighted by Crippen LogP contribution is -2.28. The molecule has 1 aliphatic carbocycles. The van der Waals surface area contributed by atoms with Crippen LogP contribution in [-0.4, -0.2) is 11.9 Å². The van der Waals surface area contributed by atoms with Gasteiger partial charge in [-0.15, -0.1) is 5.73 Å². The van der Waals surface area contributed by atoms with Crippen molar-refractivity contribution < 1.29 is 4.79 Å². The lowest BCUT2D eigenvalue weighted by Gasteiger charge is -2.25. The maximum Gasteiger partial charge on any atom is 0.223 e. The van der Waals surface area contributed by atoms with Crippen LogP contribution in [0, 0.1) is 11.8 Å². The zero-order valence-corrected chi connectivity index (χ0v) is 8.46. The van der Waals surface area contributed by atoms with E-state index in [9.17, 15) is 4.79 Å². The van der Waals surface area contributed by atoms with E-state index in [2.05, 4.69) is 17.6 Å². The molecule has 1 amide bonds. The number of rotatable bonds is 2. The van der Waals surface area contributed by atoms with Gasteiger partial charge in [-0.05, 0) is 31.3 Å². The van der Waals surface area contributed by atoms with Gasteiger partial charge in [0.2, 0.25) is 5.91 Å². The van der Waals surface area contributed by atoms with E-state index in [-0.39, 0.29) is 5.91 Å². The molecule has 0 aromatic rings. The summed E-state index contributed by atoms with van der Waals surface area (Å²) in [6.45, 7) is 3.55. The fraction of sp³-hybridized carbons (Fsp3) is 0.667. The second-order valence-corrected chi connectivity index (χ2v) is 4.31. The smallest absolute Gasteiger partial charge is 0.223 e. The molecule has 3 atom stereocenters. The number of hydrogen-bond donors (Lipinski definition) is 1. The highest BCUT2D eigenvalue weighted by molar-refractivity contribution is 5.82. The van der Waals surface area contributed by atoms with Gasteiger partial charge < -0.3 is 5.32 Å². The highest BCUT2D eigenvalue weighted by atomic mass is 16.2. The second kappa shape index (κ2) is 4.02. The molecule has 0 spiro atoms. The van der Waals surface area contributed by atoms with Gasteiger partial charge in [0.25, 0.3) is 0 Å².